The fraction of sp³-hybridized carbons (Fsp3) is 0.318. The van der Waals surface area contributed by atoms with Crippen LogP contribution in [0.15, 0.2) is 58.2 Å². The number of pyridine rings is 1. The molecule has 0 amide bonds. The predicted molar refractivity (Wildman–Crippen MR) is 113 cm³/mol. The minimum absolute atomic E-state index is 0.0257. The van der Waals surface area contributed by atoms with E-state index in [1.54, 1.807) is 25.3 Å². The van der Waals surface area contributed by atoms with Crippen LogP contribution in [0.3, 0.4) is 0 Å². The summed E-state index contributed by atoms with van der Waals surface area (Å²) in [5.74, 6) is 0.125. The topological polar surface area (TPSA) is 79.5 Å². The van der Waals surface area contributed by atoms with Crippen LogP contribution in [0.25, 0.3) is 10.9 Å². The highest BCUT2D eigenvalue weighted by Crippen LogP contribution is 2.30. The van der Waals surface area contributed by atoms with Crippen LogP contribution < -0.4 is 10.3 Å². The highest BCUT2D eigenvalue weighted by molar-refractivity contribution is 7.89. The molecule has 30 heavy (non-hydrogen) atoms. The quantitative estimate of drug-likeness (QED) is 0.645. The molecule has 4 rings (SSSR count). The third-order valence-corrected chi connectivity index (χ3v) is 7.52. The Labute approximate surface area is 174 Å². The lowest BCUT2D eigenvalue weighted by molar-refractivity contribution is 0.315. The Bertz CT molecular complexity index is 1220. The molecule has 2 aromatic carbocycles. The Hall–Kier alpha value is -2.71. The van der Waals surface area contributed by atoms with Crippen molar-refractivity contribution in [2.75, 3.05) is 7.11 Å². The van der Waals surface area contributed by atoms with E-state index in [2.05, 4.69) is 4.98 Å². The molecule has 0 aliphatic heterocycles. The number of nitrogens with one attached hydrogen (secondary N) is 1. The minimum atomic E-state index is -3.89. The van der Waals surface area contributed by atoms with Gasteiger partial charge in [-0.2, -0.15) is 4.31 Å². The number of rotatable bonds is 6. The smallest absolute Gasteiger partial charge is 0.252 e. The minimum Gasteiger partial charge on any atom is -0.497 e. The molecule has 6 nitrogen and oxygen atoms in total. The number of hydrogen-bond donors (Lipinski definition) is 1. The summed E-state index contributed by atoms with van der Waals surface area (Å²) in [5, 5.41) is 0.788. The summed E-state index contributed by atoms with van der Waals surface area (Å²) >= 11 is 0. The molecule has 8 heteroatoms. The van der Waals surface area contributed by atoms with E-state index in [9.17, 15) is 17.6 Å². The van der Waals surface area contributed by atoms with Gasteiger partial charge < -0.3 is 9.72 Å². The molecule has 158 valence electrons. The molecule has 0 spiro atoms. The fourth-order valence-corrected chi connectivity index (χ4v) is 5.65. The molecule has 0 bridgehead atoms. The van der Waals surface area contributed by atoms with Crippen LogP contribution in [0, 0.1) is 5.82 Å². The van der Waals surface area contributed by atoms with Crippen LogP contribution in [0.1, 0.15) is 31.2 Å². The maximum absolute atomic E-state index is 13.4. The Morgan fingerprint density at radius 3 is 2.47 bits per heavy atom. The number of hydrogen-bond acceptors (Lipinski definition) is 4. The highest BCUT2D eigenvalue weighted by Gasteiger charge is 2.34. The zero-order chi connectivity index (χ0) is 21.3. The van der Waals surface area contributed by atoms with E-state index >= 15 is 0 Å². The first kappa shape index (κ1) is 20.6. The second-order valence-corrected chi connectivity index (χ2v) is 9.41. The maximum atomic E-state index is 13.4. The normalized spacial score (nSPS) is 15.2. The van der Waals surface area contributed by atoms with Crippen molar-refractivity contribution in [1.82, 2.24) is 9.29 Å². The fourth-order valence-electron chi connectivity index (χ4n) is 3.98. The van der Waals surface area contributed by atoms with Gasteiger partial charge in [0.05, 0.1) is 17.5 Å². The number of halogens is 1. The van der Waals surface area contributed by atoms with Crippen molar-refractivity contribution in [1.29, 1.82) is 0 Å². The van der Waals surface area contributed by atoms with E-state index in [-0.39, 0.29) is 23.0 Å². The van der Waals surface area contributed by atoms with Gasteiger partial charge in [-0.25, -0.2) is 12.8 Å². The SMILES string of the molecule is COc1ccc2cc(CN(C3CCCC3)S(=O)(=O)c3ccc(F)cc3)c(=O)[nH]c2c1. The largest absolute Gasteiger partial charge is 0.497 e. The molecule has 0 radical (unpaired) electrons. The van der Waals surface area contributed by atoms with E-state index in [0.29, 0.717) is 16.8 Å². The van der Waals surface area contributed by atoms with E-state index in [0.717, 1.165) is 43.2 Å². The van der Waals surface area contributed by atoms with Crippen molar-refractivity contribution in [2.45, 2.75) is 43.2 Å². The molecule has 1 fully saturated rings. The summed E-state index contributed by atoms with van der Waals surface area (Å²) in [6.45, 7) is -0.0400. The van der Waals surface area contributed by atoms with E-state index in [4.69, 9.17) is 4.74 Å². The number of H-pyrrole nitrogens is 1. The third kappa shape index (κ3) is 3.97. The first-order valence-corrected chi connectivity index (χ1v) is 11.3. The summed E-state index contributed by atoms with van der Waals surface area (Å²) < 4.78 is 46.6. The molecule has 0 atom stereocenters. The zero-order valence-electron chi connectivity index (χ0n) is 16.6. The Kier molecular flexibility index (Phi) is 5.62. The van der Waals surface area contributed by atoms with Crippen LogP contribution in [-0.4, -0.2) is 30.9 Å². The summed E-state index contributed by atoms with van der Waals surface area (Å²) in [6, 6.07) is 11.7. The predicted octanol–water partition coefficient (Wildman–Crippen LogP) is 3.81. The molecular weight excluding hydrogens is 407 g/mol. The van der Waals surface area contributed by atoms with Crippen LogP contribution >= 0.6 is 0 Å². The zero-order valence-corrected chi connectivity index (χ0v) is 17.4. The van der Waals surface area contributed by atoms with E-state index in [1.165, 1.54) is 16.4 Å². The number of fused-ring (bicyclic) bond motifs is 1. The molecule has 0 unspecified atom stereocenters. The van der Waals surface area contributed by atoms with Crippen LogP contribution in [-0.2, 0) is 16.6 Å². The van der Waals surface area contributed by atoms with Crippen molar-refractivity contribution in [3.63, 3.8) is 0 Å². The Morgan fingerprint density at radius 1 is 1.10 bits per heavy atom. The Balaban J connectivity index is 1.75. The van der Waals surface area contributed by atoms with Crippen molar-refractivity contribution < 1.29 is 17.5 Å². The second kappa shape index (κ2) is 8.20. The summed E-state index contributed by atoms with van der Waals surface area (Å²) in [5.41, 5.74) is 0.648. The van der Waals surface area contributed by atoms with Crippen molar-refractivity contribution in [3.05, 3.63) is 70.3 Å². The molecule has 1 N–H and O–H groups in total. The average Bonchev–Trinajstić information content (AvgIpc) is 3.26. The second-order valence-electron chi connectivity index (χ2n) is 7.52. The van der Waals surface area contributed by atoms with Crippen LogP contribution in [0.5, 0.6) is 5.75 Å². The molecule has 0 saturated heterocycles. The summed E-state index contributed by atoms with van der Waals surface area (Å²) in [4.78, 5) is 15.6. The van der Waals surface area contributed by atoms with Gasteiger partial charge in [-0.05, 0) is 60.7 Å². The number of ether oxygens (including phenoxy) is 1. The standard InChI is InChI=1S/C22H23FN2O4S/c1-29-19-9-6-15-12-16(22(26)24-21(15)13-19)14-25(18-4-2-3-5-18)30(27,28)20-10-7-17(23)8-11-20/h6-13,18H,2-5,14H2,1H3,(H,24,26). The summed E-state index contributed by atoms with van der Waals surface area (Å²) in [7, 11) is -2.34. The summed E-state index contributed by atoms with van der Waals surface area (Å²) in [6.07, 6.45) is 3.36. The van der Waals surface area contributed by atoms with Crippen LogP contribution in [0.2, 0.25) is 0 Å². The first-order chi connectivity index (χ1) is 14.4. The average molecular weight is 431 g/mol. The molecule has 1 aromatic heterocycles. The number of aromatic nitrogens is 1. The Morgan fingerprint density at radius 2 is 1.80 bits per heavy atom. The van der Waals surface area contributed by atoms with Crippen molar-refractivity contribution in [3.8, 4) is 5.75 Å². The molecule has 1 saturated carbocycles. The lowest BCUT2D eigenvalue weighted by atomic mass is 10.1. The van der Waals surface area contributed by atoms with Gasteiger partial charge in [0, 0.05) is 24.2 Å². The molecule has 1 aliphatic carbocycles. The number of nitrogens with zero attached hydrogens (tertiary/aromatic N) is 1. The number of benzene rings is 2. The van der Waals surface area contributed by atoms with E-state index in [1.807, 2.05) is 6.07 Å². The maximum Gasteiger partial charge on any atom is 0.252 e. The third-order valence-electron chi connectivity index (χ3n) is 5.61. The molecule has 1 aliphatic rings. The van der Waals surface area contributed by atoms with Crippen LogP contribution in [0.4, 0.5) is 4.39 Å². The number of sulfonamides is 1. The van der Waals surface area contributed by atoms with Gasteiger partial charge in [0.1, 0.15) is 11.6 Å². The highest BCUT2D eigenvalue weighted by atomic mass is 32.2. The van der Waals surface area contributed by atoms with Gasteiger partial charge in [-0.1, -0.05) is 12.8 Å². The van der Waals surface area contributed by atoms with Gasteiger partial charge in [0.25, 0.3) is 5.56 Å². The van der Waals surface area contributed by atoms with Gasteiger partial charge in [0.15, 0.2) is 0 Å². The van der Waals surface area contributed by atoms with Gasteiger partial charge in [0.2, 0.25) is 10.0 Å². The van der Waals surface area contributed by atoms with Gasteiger partial charge in [-0.3, -0.25) is 4.79 Å². The molecule has 1 heterocycles. The lowest BCUT2D eigenvalue weighted by Gasteiger charge is -2.28. The monoisotopic (exact) mass is 430 g/mol. The molecular formula is C22H23FN2O4S. The first-order valence-electron chi connectivity index (χ1n) is 9.86. The lowest BCUT2D eigenvalue weighted by Crippen LogP contribution is -2.39. The van der Waals surface area contributed by atoms with Gasteiger partial charge in [-0.15, -0.1) is 0 Å². The van der Waals surface area contributed by atoms with Gasteiger partial charge >= 0.3 is 0 Å². The van der Waals surface area contributed by atoms with Crippen molar-refractivity contribution >= 4 is 20.9 Å². The van der Waals surface area contributed by atoms with Crippen molar-refractivity contribution in [2.24, 2.45) is 0 Å². The van der Waals surface area contributed by atoms with E-state index < -0.39 is 15.8 Å². The molecule has 3 aromatic rings. The number of methoxy groups -OCH3 is 1. The number of aromatic amines is 1.